The number of hydrogen-bond donors (Lipinski definition) is 3. The van der Waals surface area contributed by atoms with Crippen LogP contribution in [-0.4, -0.2) is 42.3 Å². The van der Waals surface area contributed by atoms with Crippen molar-refractivity contribution in [3.8, 4) is 11.1 Å². The molecule has 0 spiro atoms. The number of benzene rings is 2. The number of amides is 2. The van der Waals surface area contributed by atoms with Crippen molar-refractivity contribution in [2.24, 2.45) is 11.8 Å². The zero-order valence-electron chi connectivity index (χ0n) is 20.2. The second-order valence-corrected chi connectivity index (χ2v) is 9.66. The van der Waals surface area contributed by atoms with Gasteiger partial charge in [0.15, 0.2) is 0 Å². The van der Waals surface area contributed by atoms with Gasteiger partial charge in [-0.15, -0.1) is 0 Å². The molecule has 3 N–H and O–H groups in total. The number of carboxylic acid groups (broad SMARTS) is 1. The number of hydrogen-bond acceptors (Lipinski definition) is 4. The van der Waals surface area contributed by atoms with E-state index in [9.17, 15) is 14.4 Å². The highest BCUT2D eigenvalue weighted by molar-refractivity contribution is 5.79. The molecule has 186 valence electrons. The fourth-order valence-electron chi connectivity index (χ4n) is 5.12. The topological polar surface area (TPSA) is 105 Å². The minimum Gasteiger partial charge on any atom is -0.481 e. The number of carbonyl (C=O) groups is 3. The molecule has 4 rings (SSSR count). The first-order valence-electron chi connectivity index (χ1n) is 12.6. The Morgan fingerprint density at radius 1 is 1.00 bits per heavy atom. The van der Waals surface area contributed by atoms with Crippen LogP contribution in [0.1, 0.15) is 62.5 Å². The maximum absolute atomic E-state index is 12.6. The summed E-state index contributed by atoms with van der Waals surface area (Å²) >= 11 is 0. The van der Waals surface area contributed by atoms with Gasteiger partial charge in [-0.1, -0.05) is 61.9 Å². The summed E-state index contributed by atoms with van der Waals surface area (Å²) < 4.78 is 5.63. The lowest BCUT2D eigenvalue weighted by Gasteiger charge is -2.20. The molecule has 7 heteroatoms. The molecule has 2 aromatic carbocycles. The van der Waals surface area contributed by atoms with Gasteiger partial charge in [0.05, 0.1) is 6.42 Å². The Kier molecular flexibility index (Phi) is 8.06. The van der Waals surface area contributed by atoms with Crippen LogP contribution >= 0.6 is 0 Å². The third kappa shape index (κ3) is 6.41. The first-order valence-corrected chi connectivity index (χ1v) is 12.6. The Hall–Kier alpha value is -3.35. The van der Waals surface area contributed by atoms with Crippen molar-refractivity contribution in [3.05, 3.63) is 59.7 Å². The van der Waals surface area contributed by atoms with Crippen molar-refractivity contribution in [1.82, 2.24) is 10.6 Å². The van der Waals surface area contributed by atoms with Gasteiger partial charge in [-0.2, -0.15) is 0 Å². The normalized spacial score (nSPS) is 16.0. The molecule has 2 atom stereocenters. The standard InChI is InChI=1S/C28H34N2O5/c1-2-7-20(15-26(31)29-16-19(14-27(32)33)18-12-13-18)30-28(34)35-17-25-23-10-5-3-8-21(23)22-9-4-6-11-24(22)25/h3-6,8-11,18-20,25H,2,7,12-17H2,1H3,(H,29,31)(H,30,34)(H,32,33). The van der Waals surface area contributed by atoms with Crippen molar-refractivity contribution in [1.29, 1.82) is 0 Å². The average Bonchev–Trinajstić information content (AvgIpc) is 3.63. The molecule has 7 nitrogen and oxygen atoms in total. The number of ether oxygens (including phenoxy) is 1. The zero-order valence-corrected chi connectivity index (χ0v) is 20.2. The lowest BCUT2D eigenvalue weighted by Crippen LogP contribution is -2.41. The van der Waals surface area contributed by atoms with Crippen LogP contribution in [0.25, 0.3) is 11.1 Å². The number of carbonyl (C=O) groups excluding carboxylic acids is 2. The summed E-state index contributed by atoms with van der Waals surface area (Å²) in [5, 5.41) is 14.8. The molecule has 1 saturated carbocycles. The van der Waals surface area contributed by atoms with E-state index in [1.807, 2.05) is 31.2 Å². The molecule has 0 bridgehead atoms. The van der Waals surface area contributed by atoms with E-state index in [0.717, 1.165) is 30.4 Å². The monoisotopic (exact) mass is 478 g/mol. The summed E-state index contributed by atoms with van der Waals surface area (Å²) in [6.07, 6.45) is 3.19. The minimum atomic E-state index is -0.836. The van der Waals surface area contributed by atoms with E-state index < -0.39 is 12.1 Å². The lowest BCUT2D eigenvalue weighted by atomic mass is 9.98. The molecule has 0 aliphatic heterocycles. The molecule has 0 radical (unpaired) electrons. The second-order valence-electron chi connectivity index (χ2n) is 9.66. The fraction of sp³-hybridized carbons (Fsp3) is 0.464. The van der Waals surface area contributed by atoms with E-state index in [0.29, 0.717) is 18.9 Å². The lowest BCUT2D eigenvalue weighted by molar-refractivity contribution is -0.138. The molecule has 1 fully saturated rings. The van der Waals surface area contributed by atoms with Crippen molar-refractivity contribution in [2.45, 2.75) is 57.4 Å². The van der Waals surface area contributed by atoms with Gasteiger partial charge in [-0.25, -0.2) is 4.79 Å². The smallest absolute Gasteiger partial charge is 0.407 e. The maximum Gasteiger partial charge on any atom is 0.407 e. The van der Waals surface area contributed by atoms with E-state index >= 15 is 0 Å². The fourth-order valence-corrected chi connectivity index (χ4v) is 5.12. The molecular weight excluding hydrogens is 444 g/mol. The van der Waals surface area contributed by atoms with Crippen molar-refractivity contribution >= 4 is 18.0 Å². The molecule has 0 saturated heterocycles. The summed E-state index contributed by atoms with van der Waals surface area (Å²) in [4.78, 5) is 36.3. The minimum absolute atomic E-state index is 0.0188. The Bertz CT molecular complexity index is 1020. The maximum atomic E-state index is 12.6. The number of rotatable bonds is 12. The van der Waals surface area contributed by atoms with E-state index in [1.165, 1.54) is 11.1 Å². The number of alkyl carbamates (subject to hydrolysis) is 1. The van der Waals surface area contributed by atoms with Crippen LogP contribution in [0.5, 0.6) is 0 Å². The van der Waals surface area contributed by atoms with E-state index in [2.05, 4.69) is 34.9 Å². The number of carboxylic acids is 1. The summed E-state index contributed by atoms with van der Waals surface area (Å²) in [5.74, 6) is -0.682. The van der Waals surface area contributed by atoms with E-state index in [4.69, 9.17) is 9.84 Å². The zero-order chi connectivity index (χ0) is 24.8. The molecule has 0 aromatic heterocycles. The molecule has 2 unspecified atom stereocenters. The highest BCUT2D eigenvalue weighted by atomic mass is 16.5. The quantitative estimate of drug-likeness (QED) is 0.410. The van der Waals surface area contributed by atoms with Crippen LogP contribution in [0.15, 0.2) is 48.5 Å². The molecular formula is C28H34N2O5. The Labute approximate surface area is 206 Å². The van der Waals surface area contributed by atoms with E-state index in [1.54, 1.807) is 0 Å². The van der Waals surface area contributed by atoms with Crippen LogP contribution in [0.2, 0.25) is 0 Å². The highest BCUT2D eigenvalue weighted by Gasteiger charge is 2.33. The third-order valence-electron chi connectivity index (χ3n) is 7.02. The van der Waals surface area contributed by atoms with Gasteiger partial charge in [0.2, 0.25) is 5.91 Å². The summed E-state index contributed by atoms with van der Waals surface area (Å²) in [6.45, 7) is 2.59. The van der Waals surface area contributed by atoms with Crippen molar-refractivity contribution < 1.29 is 24.2 Å². The summed E-state index contributed by atoms with van der Waals surface area (Å²) in [7, 11) is 0. The highest BCUT2D eigenvalue weighted by Crippen LogP contribution is 2.44. The number of aliphatic carboxylic acids is 1. The molecule has 0 heterocycles. The molecule has 35 heavy (non-hydrogen) atoms. The molecule has 2 amide bonds. The summed E-state index contributed by atoms with van der Waals surface area (Å²) in [5.41, 5.74) is 4.64. The van der Waals surface area contributed by atoms with Crippen LogP contribution in [0.3, 0.4) is 0 Å². The van der Waals surface area contributed by atoms with Gasteiger partial charge in [0.1, 0.15) is 6.61 Å². The average molecular weight is 479 g/mol. The van der Waals surface area contributed by atoms with Gasteiger partial charge < -0.3 is 20.5 Å². The van der Waals surface area contributed by atoms with Gasteiger partial charge in [-0.05, 0) is 53.4 Å². The predicted octanol–water partition coefficient (Wildman–Crippen LogP) is 4.70. The largest absolute Gasteiger partial charge is 0.481 e. The Balaban J connectivity index is 1.29. The first-order chi connectivity index (χ1) is 17.0. The molecule has 2 aliphatic carbocycles. The van der Waals surface area contributed by atoms with Crippen LogP contribution in [0.4, 0.5) is 4.79 Å². The second kappa shape index (κ2) is 11.4. The van der Waals surface area contributed by atoms with Crippen LogP contribution < -0.4 is 10.6 Å². The van der Waals surface area contributed by atoms with Crippen molar-refractivity contribution in [2.75, 3.05) is 13.2 Å². The van der Waals surface area contributed by atoms with Gasteiger partial charge >= 0.3 is 12.1 Å². The molecule has 2 aliphatic rings. The van der Waals surface area contributed by atoms with Gasteiger partial charge in [-0.3, -0.25) is 9.59 Å². The Morgan fingerprint density at radius 2 is 1.63 bits per heavy atom. The summed E-state index contributed by atoms with van der Waals surface area (Å²) in [6, 6.07) is 16.0. The predicted molar refractivity (Wildman–Crippen MR) is 133 cm³/mol. The SMILES string of the molecule is CCCC(CC(=O)NCC(CC(=O)O)C1CC1)NC(=O)OCC1c2ccccc2-c2ccccc21. The van der Waals surface area contributed by atoms with Gasteiger partial charge in [0.25, 0.3) is 0 Å². The van der Waals surface area contributed by atoms with Crippen LogP contribution in [0, 0.1) is 11.8 Å². The van der Waals surface area contributed by atoms with E-state index in [-0.39, 0.29) is 43.2 Å². The third-order valence-corrected chi connectivity index (χ3v) is 7.02. The van der Waals surface area contributed by atoms with Crippen molar-refractivity contribution in [3.63, 3.8) is 0 Å². The number of nitrogens with one attached hydrogen (secondary N) is 2. The first kappa shape index (κ1) is 24.8. The number of fused-ring (bicyclic) bond motifs is 3. The molecule has 2 aromatic rings. The van der Waals surface area contributed by atoms with Crippen LogP contribution in [-0.2, 0) is 14.3 Å². The Morgan fingerprint density at radius 3 is 2.20 bits per heavy atom. The van der Waals surface area contributed by atoms with Gasteiger partial charge in [0, 0.05) is 24.9 Å².